The second-order valence-corrected chi connectivity index (χ2v) is 3.75. The molecule has 0 bridgehead atoms. The van der Waals surface area contributed by atoms with Gasteiger partial charge in [-0.2, -0.15) is 13.2 Å². The first-order chi connectivity index (χ1) is 6.90. The number of ether oxygens (including phenoxy) is 1. The van der Waals surface area contributed by atoms with Gasteiger partial charge in [-0.05, 0) is 12.8 Å². The lowest BCUT2D eigenvalue weighted by Gasteiger charge is -2.27. The molecule has 0 saturated heterocycles. The van der Waals surface area contributed by atoms with Crippen molar-refractivity contribution in [2.45, 2.75) is 37.4 Å². The van der Waals surface area contributed by atoms with E-state index in [1.54, 1.807) is 0 Å². The predicted octanol–water partition coefficient (Wildman–Crippen LogP) is 1.62. The minimum atomic E-state index is -4.30. The molecule has 6 heteroatoms. The van der Waals surface area contributed by atoms with Crippen molar-refractivity contribution in [1.82, 2.24) is 5.32 Å². The summed E-state index contributed by atoms with van der Waals surface area (Å²) in [5.41, 5.74) is -1.12. The molecule has 0 amide bonds. The number of halogens is 3. The van der Waals surface area contributed by atoms with E-state index in [9.17, 15) is 18.0 Å². The van der Waals surface area contributed by atoms with Crippen LogP contribution < -0.4 is 5.32 Å². The Kier molecular flexibility index (Phi) is 3.59. The van der Waals surface area contributed by atoms with Crippen LogP contribution in [-0.2, 0) is 9.53 Å². The number of hydrogen-bond donors (Lipinski definition) is 1. The van der Waals surface area contributed by atoms with Gasteiger partial charge in [-0.3, -0.25) is 10.1 Å². The Hall–Kier alpha value is -0.780. The van der Waals surface area contributed by atoms with Gasteiger partial charge in [-0.15, -0.1) is 0 Å². The summed E-state index contributed by atoms with van der Waals surface area (Å²) in [6.45, 7) is -1.15. The van der Waals surface area contributed by atoms with E-state index in [0.29, 0.717) is 12.8 Å². The van der Waals surface area contributed by atoms with Gasteiger partial charge >= 0.3 is 12.1 Å². The average molecular weight is 225 g/mol. The molecular weight excluding hydrogens is 211 g/mol. The van der Waals surface area contributed by atoms with Crippen LogP contribution in [0, 0.1) is 0 Å². The minimum absolute atomic E-state index is 0.412. The molecule has 0 unspecified atom stereocenters. The van der Waals surface area contributed by atoms with Crippen LogP contribution in [0.15, 0.2) is 0 Å². The second kappa shape index (κ2) is 4.38. The Morgan fingerprint density at radius 1 is 1.40 bits per heavy atom. The number of carbonyl (C=O) groups excluding carboxylic acids is 1. The molecule has 1 N–H and O–H groups in total. The summed E-state index contributed by atoms with van der Waals surface area (Å²) in [7, 11) is 1.19. The number of esters is 1. The van der Waals surface area contributed by atoms with E-state index in [2.05, 4.69) is 10.1 Å². The maximum absolute atomic E-state index is 12.0. The molecule has 0 atom stereocenters. The first-order valence-electron chi connectivity index (χ1n) is 4.80. The van der Waals surface area contributed by atoms with Gasteiger partial charge in [0.05, 0.1) is 13.7 Å². The third kappa shape index (κ3) is 3.09. The third-order valence-electron chi connectivity index (χ3n) is 2.66. The monoisotopic (exact) mass is 225 g/mol. The molecule has 0 heterocycles. The number of carbonyl (C=O) groups is 1. The Bertz CT molecular complexity index is 234. The summed E-state index contributed by atoms with van der Waals surface area (Å²) in [6, 6.07) is 0. The van der Waals surface area contributed by atoms with Crippen LogP contribution in [0.3, 0.4) is 0 Å². The molecule has 1 aliphatic carbocycles. The van der Waals surface area contributed by atoms with Crippen LogP contribution in [0.5, 0.6) is 0 Å². The van der Waals surface area contributed by atoms with Crippen molar-refractivity contribution in [1.29, 1.82) is 0 Å². The van der Waals surface area contributed by atoms with E-state index >= 15 is 0 Å². The van der Waals surface area contributed by atoms with Gasteiger partial charge in [-0.1, -0.05) is 12.8 Å². The fourth-order valence-electron chi connectivity index (χ4n) is 1.90. The van der Waals surface area contributed by atoms with Crippen LogP contribution in [-0.4, -0.2) is 31.3 Å². The first kappa shape index (κ1) is 12.3. The van der Waals surface area contributed by atoms with Crippen LogP contribution in [0.25, 0.3) is 0 Å². The lowest BCUT2D eigenvalue weighted by molar-refractivity contribution is -0.153. The normalized spacial score (nSPS) is 20.3. The zero-order valence-corrected chi connectivity index (χ0v) is 8.49. The maximum atomic E-state index is 12.0. The van der Waals surface area contributed by atoms with Crippen molar-refractivity contribution in [3.8, 4) is 0 Å². The predicted molar refractivity (Wildman–Crippen MR) is 47.3 cm³/mol. The highest BCUT2D eigenvalue weighted by Crippen LogP contribution is 2.31. The first-order valence-corrected chi connectivity index (χ1v) is 4.80. The molecule has 88 valence electrons. The second-order valence-electron chi connectivity index (χ2n) is 3.75. The Morgan fingerprint density at radius 3 is 2.33 bits per heavy atom. The van der Waals surface area contributed by atoms with Crippen LogP contribution >= 0.6 is 0 Å². The maximum Gasteiger partial charge on any atom is 0.401 e. The summed E-state index contributed by atoms with van der Waals surface area (Å²) in [5, 5.41) is 2.29. The fraction of sp³-hybridized carbons (Fsp3) is 0.889. The molecule has 0 aromatic heterocycles. The van der Waals surface area contributed by atoms with Gasteiger partial charge in [-0.25, -0.2) is 0 Å². The van der Waals surface area contributed by atoms with E-state index < -0.39 is 24.2 Å². The molecule has 0 aromatic carbocycles. The molecule has 0 spiro atoms. The Morgan fingerprint density at radius 2 is 1.93 bits per heavy atom. The van der Waals surface area contributed by atoms with Crippen LogP contribution in [0.4, 0.5) is 13.2 Å². The van der Waals surface area contributed by atoms with Crippen molar-refractivity contribution in [3.63, 3.8) is 0 Å². The van der Waals surface area contributed by atoms with Gasteiger partial charge in [0.15, 0.2) is 0 Å². The highest BCUT2D eigenvalue weighted by Gasteiger charge is 2.44. The lowest BCUT2D eigenvalue weighted by atomic mass is 9.98. The van der Waals surface area contributed by atoms with Crippen molar-refractivity contribution in [2.75, 3.05) is 13.7 Å². The lowest BCUT2D eigenvalue weighted by Crippen LogP contribution is -2.53. The number of alkyl halides is 3. The topological polar surface area (TPSA) is 38.3 Å². The molecule has 3 nitrogen and oxygen atoms in total. The number of rotatable bonds is 3. The van der Waals surface area contributed by atoms with Crippen molar-refractivity contribution >= 4 is 5.97 Å². The van der Waals surface area contributed by atoms with Gasteiger partial charge in [0.25, 0.3) is 0 Å². The number of nitrogens with one attached hydrogen (secondary N) is 1. The standard InChI is InChI=1S/C9H14F3NO2/c1-15-7(14)8(4-2-3-5-8)13-6-9(10,11)12/h13H,2-6H2,1H3. The van der Waals surface area contributed by atoms with Crippen molar-refractivity contribution < 1.29 is 22.7 Å². The van der Waals surface area contributed by atoms with E-state index in [-0.39, 0.29) is 0 Å². The molecule has 0 aliphatic heterocycles. The van der Waals surface area contributed by atoms with E-state index in [4.69, 9.17) is 0 Å². The molecule has 15 heavy (non-hydrogen) atoms. The minimum Gasteiger partial charge on any atom is -0.468 e. The molecule has 1 aliphatic rings. The molecule has 1 saturated carbocycles. The third-order valence-corrected chi connectivity index (χ3v) is 2.66. The van der Waals surface area contributed by atoms with Crippen molar-refractivity contribution in [3.05, 3.63) is 0 Å². The quantitative estimate of drug-likeness (QED) is 0.742. The van der Waals surface area contributed by atoms with Gasteiger partial charge in [0.2, 0.25) is 0 Å². The molecule has 1 rings (SSSR count). The van der Waals surface area contributed by atoms with Crippen LogP contribution in [0.2, 0.25) is 0 Å². The Labute approximate surface area is 86.0 Å². The van der Waals surface area contributed by atoms with E-state index in [1.165, 1.54) is 7.11 Å². The van der Waals surface area contributed by atoms with Gasteiger partial charge < -0.3 is 4.74 Å². The smallest absolute Gasteiger partial charge is 0.401 e. The number of hydrogen-bond acceptors (Lipinski definition) is 3. The molecule has 1 fully saturated rings. The number of methoxy groups -OCH3 is 1. The van der Waals surface area contributed by atoms with E-state index in [1.807, 2.05) is 0 Å². The summed E-state index contributed by atoms with van der Waals surface area (Å²) >= 11 is 0. The summed E-state index contributed by atoms with van der Waals surface area (Å²) in [4.78, 5) is 11.4. The molecule has 0 aromatic rings. The van der Waals surface area contributed by atoms with Crippen LogP contribution in [0.1, 0.15) is 25.7 Å². The summed E-state index contributed by atoms with van der Waals surface area (Å²) < 4.78 is 40.6. The van der Waals surface area contributed by atoms with Gasteiger partial charge in [0.1, 0.15) is 5.54 Å². The summed E-state index contributed by atoms with van der Waals surface area (Å²) in [5.74, 6) is -0.593. The fourth-order valence-corrected chi connectivity index (χ4v) is 1.90. The van der Waals surface area contributed by atoms with E-state index in [0.717, 1.165) is 12.8 Å². The highest BCUT2D eigenvalue weighted by molar-refractivity contribution is 5.81. The van der Waals surface area contributed by atoms with Gasteiger partial charge in [0, 0.05) is 0 Å². The van der Waals surface area contributed by atoms with Crippen molar-refractivity contribution in [2.24, 2.45) is 0 Å². The molecule has 0 radical (unpaired) electrons. The average Bonchev–Trinajstić information content (AvgIpc) is 2.62. The largest absolute Gasteiger partial charge is 0.468 e. The highest BCUT2D eigenvalue weighted by atomic mass is 19.4. The Balaban J connectivity index is 2.62. The SMILES string of the molecule is COC(=O)C1(NCC(F)(F)F)CCCC1. The zero-order chi connectivity index (χ0) is 11.5. The summed E-state index contributed by atoms with van der Waals surface area (Å²) in [6.07, 6.45) is -1.98. The zero-order valence-electron chi connectivity index (χ0n) is 8.49. The molecular formula is C9H14F3NO2.